The van der Waals surface area contributed by atoms with E-state index in [2.05, 4.69) is 10.2 Å². The van der Waals surface area contributed by atoms with E-state index in [0.29, 0.717) is 6.54 Å². The van der Waals surface area contributed by atoms with Crippen molar-refractivity contribution < 1.29 is 15.0 Å². The van der Waals surface area contributed by atoms with E-state index < -0.39 is 12.1 Å². The van der Waals surface area contributed by atoms with E-state index in [4.69, 9.17) is 5.11 Å². The van der Waals surface area contributed by atoms with Crippen molar-refractivity contribution >= 4 is 17.7 Å². The SMILES string of the molecule is O=C(O)CC(O)CNCCN1CCSCC1. The van der Waals surface area contributed by atoms with Gasteiger partial charge in [0.25, 0.3) is 0 Å². The van der Waals surface area contributed by atoms with Gasteiger partial charge < -0.3 is 20.4 Å². The van der Waals surface area contributed by atoms with Gasteiger partial charge in [-0.25, -0.2) is 0 Å². The molecule has 0 amide bonds. The minimum Gasteiger partial charge on any atom is -0.481 e. The van der Waals surface area contributed by atoms with Crippen LogP contribution in [0.1, 0.15) is 6.42 Å². The van der Waals surface area contributed by atoms with Gasteiger partial charge in [-0.15, -0.1) is 0 Å². The Labute approximate surface area is 100 Å². The van der Waals surface area contributed by atoms with E-state index in [1.165, 1.54) is 11.5 Å². The number of aliphatic hydroxyl groups excluding tert-OH is 1. The molecule has 0 aromatic carbocycles. The molecule has 1 unspecified atom stereocenters. The largest absolute Gasteiger partial charge is 0.481 e. The van der Waals surface area contributed by atoms with Gasteiger partial charge in [0, 0.05) is 44.2 Å². The van der Waals surface area contributed by atoms with Crippen LogP contribution >= 0.6 is 11.8 Å². The molecule has 1 rings (SSSR count). The van der Waals surface area contributed by atoms with Gasteiger partial charge in [-0.05, 0) is 0 Å². The molecule has 1 saturated heterocycles. The van der Waals surface area contributed by atoms with Crippen LogP contribution < -0.4 is 5.32 Å². The van der Waals surface area contributed by atoms with Crippen LogP contribution in [-0.4, -0.2) is 71.4 Å². The minimum absolute atomic E-state index is 0.187. The van der Waals surface area contributed by atoms with Crippen molar-refractivity contribution in [2.75, 3.05) is 44.2 Å². The van der Waals surface area contributed by atoms with E-state index in [1.807, 2.05) is 11.8 Å². The average molecular weight is 248 g/mol. The van der Waals surface area contributed by atoms with Crippen molar-refractivity contribution in [3.05, 3.63) is 0 Å². The van der Waals surface area contributed by atoms with Crippen LogP contribution in [0.15, 0.2) is 0 Å². The molecule has 0 saturated carbocycles. The van der Waals surface area contributed by atoms with E-state index in [9.17, 15) is 9.90 Å². The summed E-state index contributed by atoms with van der Waals surface area (Å²) in [6, 6.07) is 0. The maximum atomic E-state index is 10.3. The highest BCUT2D eigenvalue weighted by Crippen LogP contribution is 2.07. The van der Waals surface area contributed by atoms with Gasteiger partial charge in [-0.1, -0.05) is 0 Å². The van der Waals surface area contributed by atoms with Crippen molar-refractivity contribution in [1.29, 1.82) is 0 Å². The molecule has 1 atom stereocenters. The summed E-state index contributed by atoms with van der Waals surface area (Å²) < 4.78 is 0. The maximum absolute atomic E-state index is 10.3. The number of carboxylic acid groups (broad SMARTS) is 1. The summed E-state index contributed by atoms with van der Waals surface area (Å²) in [4.78, 5) is 12.7. The lowest BCUT2D eigenvalue weighted by atomic mass is 10.2. The zero-order valence-corrected chi connectivity index (χ0v) is 10.2. The zero-order valence-electron chi connectivity index (χ0n) is 9.39. The number of hydrogen-bond acceptors (Lipinski definition) is 5. The summed E-state index contributed by atoms with van der Waals surface area (Å²) in [6.45, 7) is 4.39. The molecule has 1 aliphatic heterocycles. The zero-order chi connectivity index (χ0) is 11.8. The van der Waals surface area contributed by atoms with Crippen LogP contribution in [0.25, 0.3) is 0 Å². The lowest BCUT2D eigenvalue weighted by Gasteiger charge is -2.26. The van der Waals surface area contributed by atoms with Crippen LogP contribution in [-0.2, 0) is 4.79 Å². The third-order valence-electron chi connectivity index (χ3n) is 2.50. The van der Waals surface area contributed by atoms with E-state index in [-0.39, 0.29) is 6.42 Å². The fourth-order valence-corrected chi connectivity index (χ4v) is 2.58. The molecule has 0 aliphatic carbocycles. The fourth-order valence-electron chi connectivity index (χ4n) is 1.60. The number of nitrogens with zero attached hydrogens (tertiary/aromatic N) is 1. The van der Waals surface area contributed by atoms with E-state index in [0.717, 1.165) is 26.2 Å². The number of carbonyl (C=O) groups is 1. The molecule has 1 fully saturated rings. The number of rotatable bonds is 7. The molecule has 0 radical (unpaired) electrons. The highest BCUT2D eigenvalue weighted by Gasteiger charge is 2.11. The molecule has 0 bridgehead atoms. The summed E-state index contributed by atoms with van der Waals surface area (Å²) in [5.41, 5.74) is 0. The average Bonchev–Trinajstić information content (AvgIpc) is 2.25. The van der Waals surface area contributed by atoms with Crippen molar-refractivity contribution in [2.24, 2.45) is 0 Å². The highest BCUT2D eigenvalue weighted by molar-refractivity contribution is 7.99. The first-order valence-corrected chi connectivity index (χ1v) is 6.74. The highest BCUT2D eigenvalue weighted by atomic mass is 32.2. The predicted molar refractivity (Wildman–Crippen MR) is 64.9 cm³/mol. The number of aliphatic hydroxyl groups is 1. The number of aliphatic carboxylic acids is 1. The summed E-state index contributed by atoms with van der Waals surface area (Å²) >= 11 is 1.98. The predicted octanol–water partition coefficient (Wildman–Crippen LogP) is -0.540. The second-order valence-electron chi connectivity index (χ2n) is 3.91. The Kier molecular flexibility index (Phi) is 6.79. The Hall–Kier alpha value is -0.300. The first kappa shape index (κ1) is 13.8. The molecule has 94 valence electrons. The summed E-state index contributed by atoms with van der Waals surface area (Å²) in [5.74, 6) is 1.44. The summed E-state index contributed by atoms with van der Waals surface area (Å²) in [6.07, 6.45) is -0.970. The number of nitrogens with one attached hydrogen (secondary N) is 1. The summed E-state index contributed by atoms with van der Waals surface area (Å²) in [5, 5.41) is 20.8. The van der Waals surface area contributed by atoms with Gasteiger partial charge in [-0.3, -0.25) is 4.79 Å². The molecule has 0 aromatic heterocycles. The quantitative estimate of drug-likeness (QED) is 0.526. The van der Waals surface area contributed by atoms with Gasteiger partial charge in [0.2, 0.25) is 0 Å². The van der Waals surface area contributed by atoms with Gasteiger partial charge in [-0.2, -0.15) is 11.8 Å². The topological polar surface area (TPSA) is 72.8 Å². The molecule has 16 heavy (non-hydrogen) atoms. The minimum atomic E-state index is -0.956. The number of carboxylic acids is 1. The Bertz CT molecular complexity index is 210. The lowest BCUT2D eigenvalue weighted by Crippen LogP contribution is -2.39. The van der Waals surface area contributed by atoms with Crippen molar-refractivity contribution in [2.45, 2.75) is 12.5 Å². The Balaban J connectivity index is 1.96. The van der Waals surface area contributed by atoms with Crippen molar-refractivity contribution in [3.63, 3.8) is 0 Å². The molecule has 6 heteroatoms. The fraction of sp³-hybridized carbons (Fsp3) is 0.900. The molecule has 3 N–H and O–H groups in total. The lowest BCUT2D eigenvalue weighted by molar-refractivity contribution is -0.139. The van der Waals surface area contributed by atoms with Crippen LogP contribution in [0, 0.1) is 0 Å². The molecule has 0 spiro atoms. The van der Waals surface area contributed by atoms with Gasteiger partial charge in [0.1, 0.15) is 0 Å². The van der Waals surface area contributed by atoms with Gasteiger partial charge in [0.15, 0.2) is 0 Å². The van der Waals surface area contributed by atoms with Crippen LogP contribution in [0.4, 0.5) is 0 Å². The third kappa shape index (κ3) is 6.32. The van der Waals surface area contributed by atoms with Gasteiger partial charge >= 0.3 is 5.97 Å². The van der Waals surface area contributed by atoms with E-state index in [1.54, 1.807) is 0 Å². The van der Waals surface area contributed by atoms with E-state index >= 15 is 0 Å². The Morgan fingerprint density at radius 3 is 2.75 bits per heavy atom. The first-order chi connectivity index (χ1) is 7.68. The summed E-state index contributed by atoms with van der Waals surface area (Å²) in [7, 11) is 0. The molecule has 1 aliphatic rings. The number of thioether (sulfide) groups is 1. The molecule has 5 nitrogen and oxygen atoms in total. The third-order valence-corrected chi connectivity index (χ3v) is 3.44. The molecule has 0 aromatic rings. The Morgan fingerprint density at radius 1 is 1.44 bits per heavy atom. The number of hydrogen-bond donors (Lipinski definition) is 3. The second kappa shape index (κ2) is 7.89. The Morgan fingerprint density at radius 2 is 2.12 bits per heavy atom. The second-order valence-corrected chi connectivity index (χ2v) is 5.13. The van der Waals surface area contributed by atoms with Crippen LogP contribution in [0.3, 0.4) is 0 Å². The van der Waals surface area contributed by atoms with Crippen molar-refractivity contribution in [3.8, 4) is 0 Å². The normalized spacial score (nSPS) is 19.6. The molecule has 1 heterocycles. The monoisotopic (exact) mass is 248 g/mol. The molecular formula is C10H20N2O3S. The maximum Gasteiger partial charge on any atom is 0.306 e. The van der Waals surface area contributed by atoms with Crippen LogP contribution in [0.2, 0.25) is 0 Å². The molecular weight excluding hydrogens is 228 g/mol. The first-order valence-electron chi connectivity index (χ1n) is 5.59. The van der Waals surface area contributed by atoms with Gasteiger partial charge in [0.05, 0.1) is 12.5 Å². The van der Waals surface area contributed by atoms with Crippen LogP contribution in [0.5, 0.6) is 0 Å². The van der Waals surface area contributed by atoms with Crippen molar-refractivity contribution in [1.82, 2.24) is 10.2 Å². The smallest absolute Gasteiger partial charge is 0.306 e. The standard InChI is InChI=1S/C10H20N2O3S/c13-9(7-10(14)15)8-11-1-2-12-3-5-16-6-4-12/h9,11,13H,1-8H2,(H,14,15).